The number of Topliss-reactive ketones (excluding diaryl/α,β-unsaturated/α-hetero) is 3. The number of esters is 3. The molecule has 0 spiro atoms. The number of ketones is 3. The summed E-state index contributed by atoms with van der Waals surface area (Å²) in [6.07, 6.45) is 5.65. The van der Waals surface area contributed by atoms with Crippen molar-refractivity contribution in [3.8, 4) is 28.7 Å². The second-order valence-corrected chi connectivity index (χ2v) is 21.7. The molecule has 0 fully saturated rings. The zero-order valence-electron chi connectivity index (χ0n) is 50.5. The number of aromatic hydroxyl groups is 2. The van der Waals surface area contributed by atoms with Crippen LogP contribution < -0.4 is 14.2 Å². The van der Waals surface area contributed by atoms with Crippen LogP contribution in [0.1, 0.15) is 136 Å². The Hall–Kier alpha value is -9.85. The molecule has 0 bridgehead atoms. The van der Waals surface area contributed by atoms with Crippen LogP contribution in [0, 0.1) is 37.0 Å². The van der Waals surface area contributed by atoms with Gasteiger partial charge in [-0.25, -0.2) is 24.7 Å². The number of carbonyl (C=O) groups is 7. The maximum Gasteiger partial charge on any atom is 0.358 e. The average Bonchev–Trinajstić information content (AvgIpc) is 3.68. The minimum Gasteiger partial charge on any atom is -0.506 e. The predicted octanol–water partition coefficient (Wildman–Crippen LogP) is 11.4. The third kappa shape index (κ3) is 21.4. The lowest BCUT2D eigenvalue weighted by atomic mass is 9.86. The molecule has 4 heterocycles. The van der Waals surface area contributed by atoms with Gasteiger partial charge in [0.15, 0.2) is 28.8 Å². The fourth-order valence-corrected chi connectivity index (χ4v) is 7.90. The molecular weight excluding hydrogens is 1100 g/mol. The van der Waals surface area contributed by atoms with Crippen molar-refractivity contribution in [2.75, 3.05) is 21.3 Å². The van der Waals surface area contributed by atoms with Crippen molar-refractivity contribution in [1.82, 2.24) is 19.9 Å². The van der Waals surface area contributed by atoms with E-state index in [1.165, 1.54) is 27.5 Å². The molecule has 0 amide bonds. The summed E-state index contributed by atoms with van der Waals surface area (Å²) in [5, 5.41) is 27.6. The molecule has 3 aromatic carbocycles. The van der Waals surface area contributed by atoms with E-state index in [0.29, 0.717) is 37.1 Å². The number of aryl methyl sites for hydroxylation is 3. The van der Waals surface area contributed by atoms with Gasteiger partial charge in [-0.3, -0.25) is 28.8 Å². The van der Waals surface area contributed by atoms with Crippen molar-refractivity contribution in [1.29, 1.82) is 0 Å². The van der Waals surface area contributed by atoms with E-state index in [1.807, 2.05) is 112 Å². The first-order valence-corrected chi connectivity index (χ1v) is 27.0. The summed E-state index contributed by atoms with van der Waals surface area (Å²) in [5.41, 5.74) is 3.02. The van der Waals surface area contributed by atoms with Crippen LogP contribution in [0.25, 0.3) is 0 Å². The fourth-order valence-electron chi connectivity index (χ4n) is 7.90. The Labute approximate surface area is 500 Å². The van der Waals surface area contributed by atoms with Gasteiger partial charge >= 0.3 is 23.9 Å². The standard InChI is InChI=1S/2C20H23NO4.C14H13NO3.C12H15NO5/c2*1-14-10-17(25-13-15-8-6-5-7-9-15)18(21-12-14)16(22)11-20(2,3)19(23)24-4;1-10-7-12(13(14(16)17)15-8-10)18-9-11-5-3-2-4-6-11;1-12(2,11(17)18-3)5-9(16)10-8(15)4-7(14)6-13-10/h2*5-10,12H,11,13H2,1-4H3;2-8H,9H2,1H3,(H,16,17);4,6,14-15H,5H2,1-3H3. The third-order valence-electron chi connectivity index (χ3n) is 12.5. The summed E-state index contributed by atoms with van der Waals surface area (Å²) in [6, 6.07) is 35.2. The summed E-state index contributed by atoms with van der Waals surface area (Å²) < 4.78 is 31.3. The number of methoxy groups -OCH3 is 3. The quantitative estimate of drug-likeness (QED) is 0.0323. The van der Waals surface area contributed by atoms with Gasteiger partial charge in [0.1, 0.15) is 59.9 Å². The first-order chi connectivity index (χ1) is 40.6. The zero-order chi connectivity index (χ0) is 63.8. The smallest absolute Gasteiger partial charge is 0.358 e. The van der Waals surface area contributed by atoms with Gasteiger partial charge in [-0.2, -0.15) is 0 Å². The highest BCUT2D eigenvalue weighted by molar-refractivity contribution is 6.01. The summed E-state index contributed by atoms with van der Waals surface area (Å²) in [6.45, 7) is 16.4. The molecule has 86 heavy (non-hydrogen) atoms. The largest absolute Gasteiger partial charge is 0.506 e. The van der Waals surface area contributed by atoms with Crippen molar-refractivity contribution in [2.45, 2.75) is 101 Å². The first-order valence-electron chi connectivity index (χ1n) is 27.0. The highest BCUT2D eigenvalue weighted by Crippen LogP contribution is 2.31. The molecular formula is C66H74N4O16. The lowest BCUT2D eigenvalue weighted by Gasteiger charge is -2.20. The van der Waals surface area contributed by atoms with E-state index in [-0.39, 0.29) is 59.4 Å². The van der Waals surface area contributed by atoms with Crippen LogP contribution in [-0.4, -0.2) is 97.8 Å². The molecule has 0 aliphatic carbocycles. The Morgan fingerprint density at radius 3 is 0.977 bits per heavy atom. The molecule has 4 aromatic heterocycles. The lowest BCUT2D eigenvalue weighted by Crippen LogP contribution is -2.29. The Kier molecular flexibility index (Phi) is 25.8. The molecule has 0 aliphatic rings. The zero-order valence-corrected chi connectivity index (χ0v) is 50.5. The molecule has 7 rings (SSSR count). The lowest BCUT2D eigenvalue weighted by molar-refractivity contribution is -0.151. The Morgan fingerprint density at radius 2 is 0.686 bits per heavy atom. The molecule has 20 nitrogen and oxygen atoms in total. The number of pyridine rings is 4. The van der Waals surface area contributed by atoms with Crippen molar-refractivity contribution >= 4 is 41.2 Å². The molecule has 0 saturated carbocycles. The van der Waals surface area contributed by atoms with Gasteiger partial charge in [-0.15, -0.1) is 0 Å². The van der Waals surface area contributed by atoms with Crippen LogP contribution in [0.4, 0.5) is 0 Å². The van der Waals surface area contributed by atoms with Crippen molar-refractivity contribution in [3.63, 3.8) is 0 Å². The Morgan fingerprint density at radius 1 is 0.407 bits per heavy atom. The summed E-state index contributed by atoms with van der Waals surface area (Å²) in [5.74, 6) is -2.97. The summed E-state index contributed by atoms with van der Waals surface area (Å²) >= 11 is 0. The van der Waals surface area contributed by atoms with Crippen molar-refractivity contribution in [2.24, 2.45) is 16.2 Å². The van der Waals surface area contributed by atoms with E-state index in [0.717, 1.165) is 45.6 Å². The van der Waals surface area contributed by atoms with Crippen molar-refractivity contribution < 1.29 is 77.3 Å². The number of aromatic carboxylic acids is 1. The molecule has 454 valence electrons. The van der Waals surface area contributed by atoms with Gasteiger partial charge in [-0.1, -0.05) is 91.0 Å². The minimum atomic E-state index is -1.09. The van der Waals surface area contributed by atoms with Crippen LogP contribution in [0.2, 0.25) is 0 Å². The number of carboxylic acids is 1. The number of rotatable bonds is 22. The molecule has 3 N–H and O–H groups in total. The van der Waals surface area contributed by atoms with Gasteiger partial charge < -0.3 is 43.7 Å². The highest BCUT2D eigenvalue weighted by atomic mass is 16.5. The molecule has 7 aromatic rings. The van der Waals surface area contributed by atoms with Gasteiger partial charge in [-0.05, 0) is 114 Å². The topological polar surface area (TPSA) is 287 Å². The molecule has 0 aliphatic heterocycles. The number of hydrogen-bond donors (Lipinski definition) is 3. The number of hydrogen-bond acceptors (Lipinski definition) is 19. The number of benzene rings is 3. The maximum absolute atomic E-state index is 12.7. The number of carboxylic acid groups (broad SMARTS) is 1. The Balaban J connectivity index is 0.000000249. The molecule has 0 radical (unpaired) electrons. The monoisotopic (exact) mass is 1180 g/mol. The van der Waals surface area contributed by atoms with Gasteiger partial charge in [0.2, 0.25) is 0 Å². The number of carbonyl (C=O) groups excluding carboxylic acids is 6. The normalized spacial score (nSPS) is 10.8. The average molecular weight is 1180 g/mol. The van der Waals surface area contributed by atoms with Gasteiger partial charge in [0, 0.05) is 43.9 Å². The van der Waals surface area contributed by atoms with Crippen molar-refractivity contribution in [3.05, 3.63) is 196 Å². The van der Waals surface area contributed by atoms with Crippen LogP contribution in [-0.2, 0) is 48.4 Å². The Bertz CT molecular complexity index is 3310. The van der Waals surface area contributed by atoms with E-state index in [2.05, 4.69) is 24.7 Å². The SMILES string of the molecule is COC(=O)C(C)(C)CC(=O)c1ncc(C)cc1OCc1ccccc1.COC(=O)C(C)(C)CC(=O)c1ncc(C)cc1OCc1ccccc1.COC(=O)C(C)(C)CC(=O)c1ncc(O)cc1O.Cc1cnc(C(=O)O)c(OCc2ccccc2)c1. The summed E-state index contributed by atoms with van der Waals surface area (Å²) in [4.78, 5) is 99.3. The second-order valence-electron chi connectivity index (χ2n) is 21.7. The van der Waals surface area contributed by atoms with Gasteiger partial charge in [0.05, 0.1) is 43.8 Å². The van der Waals surface area contributed by atoms with E-state index >= 15 is 0 Å². The van der Waals surface area contributed by atoms with E-state index in [9.17, 15) is 38.7 Å². The highest BCUT2D eigenvalue weighted by Gasteiger charge is 2.35. The predicted molar refractivity (Wildman–Crippen MR) is 318 cm³/mol. The second kappa shape index (κ2) is 32.3. The van der Waals surface area contributed by atoms with E-state index in [1.54, 1.807) is 72.1 Å². The molecule has 0 atom stereocenters. The maximum atomic E-state index is 12.7. The molecule has 20 heteroatoms. The first kappa shape index (κ1) is 68.6. The van der Waals surface area contributed by atoms with Crippen LogP contribution in [0.3, 0.4) is 0 Å². The van der Waals surface area contributed by atoms with Crippen LogP contribution in [0.15, 0.2) is 140 Å². The number of nitrogens with zero attached hydrogens (tertiary/aromatic N) is 4. The van der Waals surface area contributed by atoms with Crippen LogP contribution in [0.5, 0.6) is 28.7 Å². The van der Waals surface area contributed by atoms with Crippen LogP contribution >= 0.6 is 0 Å². The number of ether oxygens (including phenoxy) is 6. The van der Waals surface area contributed by atoms with Gasteiger partial charge in [0.25, 0.3) is 0 Å². The van der Waals surface area contributed by atoms with E-state index < -0.39 is 51.7 Å². The van der Waals surface area contributed by atoms with E-state index in [4.69, 9.17) is 33.9 Å². The third-order valence-corrected chi connectivity index (χ3v) is 12.5. The summed E-state index contributed by atoms with van der Waals surface area (Å²) in [7, 11) is 3.87. The molecule has 0 unspecified atom stereocenters. The minimum absolute atomic E-state index is 0.00255. The number of aromatic nitrogens is 4. The molecule has 0 saturated heterocycles. The fraction of sp³-hybridized carbons (Fsp3) is 0.318.